The quantitative estimate of drug-likeness (QED) is 0.457. The largest absolute Gasteiger partial charge is 0.372 e. The zero-order valence-electron chi connectivity index (χ0n) is 14.5. The molecule has 0 spiro atoms. The predicted octanol–water partition coefficient (Wildman–Crippen LogP) is 3.74. The molecule has 26 heavy (non-hydrogen) atoms. The van der Waals surface area contributed by atoms with Gasteiger partial charge in [-0.1, -0.05) is 30.3 Å². The highest BCUT2D eigenvalue weighted by Gasteiger charge is 2.27. The number of nitrogens with zero attached hydrogens (tertiary/aromatic N) is 3. The first-order valence-corrected chi connectivity index (χ1v) is 7.64. The highest BCUT2D eigenvalue weighted by molar-refractivity contribution is 6.06. The van der Waals surface area contributed by atoms with E-state index in [2.05, 4.69) is 10.5 Å². The highest BCUT2D eigenvalue weighted by atomic mass is 16.6. The summed E-state index contributed by atoms with van der Waals surface area (Å²) < 4.78 is 5.48. The molecule has 0 atom stereocenters. The molecule has 0 saturated carbocycles. The van der Waals surface area contributed by atoms with E-state index in [4.69, 9.17) is 4.74 Å². The van der Waals surface area contributed by atoms with E-state index >= 15 is 0 Å². The van der Waals surface area contributed by atoms with Gasteiger partial charge in [-0.2, -0.15) is 5.10 Å². The van der Waals surface area contributed by atoms with Crippen molar-refractivity contribution in [1.82, 2.24) is 0 Å². The van der Waals surface area contributed by atoms with Gasteiger partial charge in [-0.15, -0.1) is 0 Å². The van der Waals surface area contributed by atoms with Crippen molar-refractivity contribution < 1.29 is 14.6 Å². The SMILES string of the molecule is COC(C)(C)C(=NNc1ccc([N+](=O)[O-])cc1[N+](=O)[O-])c1ccccc1. The number of ether oxygens (including phenoxy) is 1. The Hall–Kier alpha value is -3.33. The molecule has 0 saturated heterocycles. The van der Waals surface area contributed by atoms with E-state index in [1.807, 2.05) is 44.2 Å². The maximum absolute atomic E-state index is 11.2. The van der Waals surface area contributed by atoms with Crippen molar-refractivity contribution in [2.75, 3.05) is 12.5 Å². The van der Waals surface area contributed by atoms with Crippen LogP contribution in [0.25, 0.3) is 0 Å². The van der Waals surface area contributed by atoms with Gasteiger partial charge in [0.2, 0.25) is 0 Å². The van der Waals surface area contributed by atoms with E-state index in [-0.39, 0.29) is 11.4 Å². The summed E-state index contributed by atoms with van der Waals surface area (Å²) in [5, 5.41) is 26.4. The van der Waals surface area contributed by atoms with E-state index in [0.717, 1.165) is 11.6 Å². The molecule has 0 fully saturated rings. The first kappa shape index (κ1) is 19.0. The Balaban J connectivity index is 2.47. The van der Waals surface area contributed by atoms with E-state index in [0.29, 0.717) is 5.71 Å². The number of nitrogens with one attached hydrogen (secondary N) is 1. The van der Waals surface area contributed by atoms with Gasteiger partial charge in [0.05, 0.1) is 21.6 Å². The van der Waals surface area contributed by atoms with Crippen LogP contribution >= 0.6 is 0 Å². The number of non-ortho nitro benzene ring substituents is 1. The maximum atomic E-state index is 11.2. The topological polar surface area (TPSA) is 120 Å². The second-order valence-corrected chi connectivity index (χ2v) is 5.87. The second-order valence-electron chi connectivity index (χ2n) is 5.87. The van der Waals surface area contributed by atoms with Crippen LogP contribution < -0.4 is 5.43 Å². The van der Waals surface area contributed by atoms with Gasteiger partial charge in [-0.3, -0.25) is 25.7 Å². The molecule has 0 aromatic heterocycles. The van der Waals surface area contributed by atoms with E-state index in [9.17, 15) is 20.2 Å². The van der Waals surface area contributed by atoms with Crippen LogP contribution in [-0.2, 0) is 4.74 Å². The third-order valence-electron chi connectivity index (χ3n) is 3.80. The van der Waals surface area contributed by atoms with Crippen LogP contribution in [0.4, 0.5) is 17.1 Å². The molecular formula is C17H18N4O5. The smallest absolute Gasteiger partial charge is 0.301 e. The first-order chi connectivity index (χ1) is 12.3. The van der Waals surface area contributed by atoms with Crippen molar-refractivity contribution in [3.8, 4) is 0 Å². The van der Waals surface area contributed by atoms with Crippen molar-refractivity contribution in [3.63, 3.8) is 0 Å². The summed E-state index contributed by atoms with van der Waals surface area (Å²) in [6.07, 6.45) is 0. The third kappa shape index (κ3) is 4.19. The molecule has 2 aromatic rings. The molecule has 0 aliphatic carbocycles. The van der Waals surface area contributed by atoms with Crippen molar-refractivity contribution in [1.29, 1.82) is 0 Å². The van der Waals surface area contributed by atoms with E-state index in [1.165, 1.54) is 19.2 Å². The average molecular weight is 358 g/mol. The maximum Gasteiger partial charge on any atom is 0.301 e. The molecule has 0 amide bonds. The number of nitro groups is 2. The van der Waals surface area contributed by atoms with Crippen LogP contribution in [0.15, 0.2) is 53.6 Å². The summed E-state index contributed by atoms with van der Waals surface area (Å²) in [5.74, 6) is 0. The van der Waals surface area contributed by atoms with Crippen LogP contribution in [0.2, 0.25) is 0 Å². The monoisotopic (exact) mass is 358 g/mol. The van der Waals surface area contributed by atoms with Gasteiger partial charge in [-0.25, -0.2) is 0 Å². The van der Waals surface area contributed by atoms with Crippen LogP contribution in [0.5, 0.6) is 0 Å². The third-order valence-corrected chi connectivity index (χ3v) is 3.80. The van der Waals surface area contributed by atoms with Gasteiger partial charge in [0.15, 0.2) is 0 Å². The van der Waals surface area contributed by atoms with Crippen LogP contribution in [-0.4, -0.2) is 28.3 Å². The van der Waals surface area contributed by atoms with Crippen molar-refractivity contribution >= 4 is 22.8 Å². The van der Waals surface area contributed by atoms with Gasteiger partial charge in [0.25, 0.3) is 5.69 Å². The standard InChI is InChI=1S/C17H18N4O5/c1-17(2,26-3)16(12-7-5-4-6-8-12)19-18-14-10-9-13(20(22)23)11-15(14)21(24)25/h4-11,18H,1-3H3. The number of rotatable bonds is 7. The van der Waals surface area contributed by atoms with Crippen molar-refractivity contribution in [2.45, 2.75) is 19.4 Å². The second kappa shape index (κ2) is 7.70. The molecule has 136 valence electrons. The Kier molecular flexibility index (Phi) is 5.63. The summed E-state index contributed by atoms with van der Waals surface area (Å²) in [7, 11) is 1.53. The zero-order valence-corrected chi connectivity index (χ0v) is 14.5. The molecule has 2 rings (SSSR count). The molecule has 1 N–H and O–H groups in total. The van der Waals surface area contributed by atoms with Crippen molar-refractivity contribution in [2.24, 2.45) is 5.10 Å². The molecule has 2 aromatic carbocycles. The zero-order chi connectivity index (χ0) is 19.3. The Morgan fingerprint density at radius 3 is 2.27 bits per heavy atom. The first-order valence-electron chi connectivity index (χ1n) is 7.64. The van der Waals surface area contributed by atoms with Crippen LogP contribution in [0, 0.1) is 20.2 Å². The predicted molar refractivity (Wildman–Crippen MR) is 97.4 cm³/mol. The van der Waals surface area contributed by atoms with E-state index in [1.54, 1.807) is 0 Å². The molecular weight excluding hydrogens is 340 g/mol. The molecule has 0 aliphatic rings. The molecule has 9 heteroatoms. The Bertz CT molecular complexity index is 849. The van der Waals surface area contributed by atoms with E-state index < -0.39 is 21.1 Å². The molecule has 0 aliphatic heterocycles. The van der Waals surface area contributed by atoms with Gasteiger partial charge in [0, 0.05) is 18.7 Å². The molecule has 0 unspecified atom stereocenters. The Morgan fingerprint density at radius 2 is 1.73 bits per heavy atom. The van der Waals surface area contributed by atoms with Gasteiger partial charge in [-0.05, 0) is 19.9 Å². The minimum Gasteiger partial charge on any atom is -0.372 e. The van der Waals surface area contributed by atoms with Gasteiger partial charge in [0.1, 0.15) is 11.3 Å². The lowest BCUT2D eigenvalue weighted by molar-refractivity contribution is -0.393. The number of benzene rings is 2. The molecule has 0 bridgehead atoms. The fourth-order valence-electron chi connectivity index (χ4n) is 2.23. The number of nitro benzene ring substituents is 2. The molecule has 0 heterocycles. The van der Waals surface area contributed by atoms with Crippen LogP contribution in [0.1, 0.15) is 19.4 Å². The minimum atomic E-state index is -0.774. The fraction of sp³-hybridized carbons (Fsp3) is 0.235. The lowest BCUT2D eigenvalue weighted by Crippen LogP contribution is -2.35. The normalized spacial score (nSPS) is 11.9. The summed E-state index contributed by atoms with van der Waals surface area (Å²) in [4.78, 5) is 20.7. The highest BCUT2D eigenvalue weighted by Crippen LogP contribution is 2.29. The fourth-order valence-corrected chi connectivity index (χ4v) is 2.23. The lowest BCUT2D eigenvalue weighted by Gasteiger charge is -2.25. The summed E-state index contributed by atoms with van der Waals surface area (Å²) in [6, 6.07) is 12.5. The number of hydrogen-bond acceptors (Lipinski definition) is 7. The van der Waals surface area contributed by atoms with Gasteiger partial charge >= 0.3 is 5.69 Å². The minimum absolute atomic E-state index is 0.0425. The number of anilines is 1. The summed E-state index contributed by atoms with van der Waals surface area (Å²) in [6.45, 7) is 3.62. The Morgan fingerprint density at radius 1 is 1.08 bits per heavy atom. The Labute approximate surface area is 149 Å². The summed E-state index contributed by atoms with van der Waals surface area (Å²) >= 11 is 0. The van der Waals surface area contributed by atoms with Crippen molar-refractivity contribution in [3.05, 3.63) is 74.3 Å². The molecule has 9 nitrogen and oxygen atoms in total. The van der Waals surface area contributed by atoms with Gasteiger partial charge < -0.3 is 4.74 Å². The number of hydrazone groups is 1. The number of hydrogen-bond donors (Lipinski definition) is 1. The number of methoxy groups -OCH3 is 1. The molecule has 0 radical (unpaired) electrons. The average Bonchev–Trinajstić information content (AvgIpc) is 2.62. The summed E-state index contributed by atoms with van der Waals surface area (Å²) in [5.41, 5.74) is 2.40. The van der Waals surface area contributed by atoms with Crippen LogP contribution in [0.3, 0.4) is 0 Å². The lowest BCUT2D eigenvalue weighted by atomic mass is 9.95.